The predicted octanol–water partition coefficient (Wildman–Crippen LogP) is 4.65. The van der Waals surface area contributed by atoms with Crippen molar-refractivity contribution < 1.29 is 9.90 Å². The van der Waals surface area contributed by atoms with Crippen LogP contribution in [-0.2, 0) is 10.5 Å². The van der Waals surface area contributed by atoms with Crippen LogP contribution >= 0.6 is 34.7 Å². The van der Waals surface area contributed by atoms with E-state index in [2.05, 4.69) is 0 Å². The minimum absolute atomic E-state index is 0.355. The van der Waals surface area contributed by atoms with Gasteiger partial charge in [0, 0.05) is 20.7 Å². The number of carboxylic acids is 1. The van der Waals surface area contributed by atoms with Gasteiger partial charge in [-0.25, -0.2) is 0 Å². The molecule has 1 aromatic heterocycles. The molecule has 0 aliphatic rings. The Morgan fingerprint density at radius 1 is 1.50 bits per heavy atom. The molecule has 0 aliphatic carbocycles. The van der Waals surface area contributed by atoms with Crippen LogP contribution in [0.15, 0.2) is 24.3 Å². The monoisotopic (exact) mass is 300 g/mol. The van der Waals surface area contributed by atoms with E-state index >= 15 is 0 Å². The van der Waals surface area contributed by atoms with E-state index in [1.54, 1.807) is 11.3 Å². The molecule has 1 aromatic carbocycles. The average Bonchev–Trinajstić information content (AvgIpc) is 2.67. The second-order valence-corrected chi connectivity index (χ2v) is 6.59. The molecule has 0 saturated heterocycles. The summed E-state index contributed by atoms with van der Waals surface area (Å²) in [4.78, 5) is 12.0. The molecular formula is C13H13ClO2S2. The van der Waals surface area contributed by atoms with Crippen molar-refractivity contribution in [2.24, 2.45) is 0 Å². The Bertz CT molecular complexity index is 565. The summed E-state index contributed by atoms with van der Waals surface area (Å²) in [6, 6.07) is 7.98. The molecule has 1 unspecified atom stereocenters. The van der Waals surface area contributed by atoms with Gasteiger partial charge in [0.2, 0.25) is 0 Å². The summed E-state index contributed by atoms with van der Waals surface area (Å²) in [6.07, 6.45) is 0.627. The Morgan fingerprint density at radius 3 is 2.83 bits per heavy atom. The van der Waals surface area contributed by atoms with Crippen LogP contribution in [-0.4, -0.2) is 16.3 Å². The third-order valence-electron chi connectivity index (χ3n) is 2.66. The van der Waals surface area contributed by atoms with Gasteiger partial charge in [-0.15, -0.1) is 23.1 Å². The van der Waals surface area contributed by atoms with Crippen molar-refractivity contribution in [1.29, 1.82) is 0 Å². The summed E-state index contributed by atoms with van der Waals surface area (Å²) in [5, 5.41) is 10.5. The van der Waals surface area contributed by atoms with E-state index < -0.39 is 5.97 Å². The topological polar surface area (TPSA) is 37.3 Å². The van der Waals surface area contributed by atoms with E-state index in [1.165, 1.54) is 11.8 Å². The first-order valence-electron chi connectivity index (χ1n) is 5.63. The molecule has 0 aliphatic heterocycles. The summed E-state index contributed by atoms with van der Waals surface area (Å²) in [5.74, 6) is -0.0945. The fraction of sp³-hybridized carbons (Fsp3) is 0.308. The Labute approximate surface area is 119 Å². The first-order valence-corrected chi connectivity index (χ1v) is 7.88. The van der Waals surface area contributed by atoms with Crippen LogP contribution < -0.4 is 0 Å². The van der Waals surface area contributed by atoms with E-state index in [-0.39, 0.29) is 5.25 Å². The smallest absolute Gasteiger partial charge is 0.316 e. The van der Waals surface area contributed by atoms with Gasteiger partial charge >= 0.3 is 5.97 Å². The molecule has 0 amide bonds. The Kier molecular flexibility index (Phi) is 4.54. The molecule has 0 bridgehead atoms. The fourth-order valence-electron chi connectivity index (χ4n) is 1.70. The number of hydrogen-bond acceptors (Lipinski definition) is 3. The fourth-order valence-corrected chi connectivity index (χ4v) is 4.39. The molecule has 0 radical (unpaired) electrons. The van der Waals surface area contributed by atoms with Gasteiger partial charge in [-0.2, -0.15) is 0 Å². The van der Waals surface area contributed by atoms with Gasteiger partial charge in [0.15, 0.2) is 0 Å². The molecular weight excluding hydrogens is 288 g/mol. The number of benzene rings is 1. The van der Waals surface area contributed by atoms with Crippen molar-refractivity contribution in [1.82, 2.24) is 0 Å². The van der Waals surface area contributed by atoms with Crippen LogP contribution in [0.1, 0.15) is 18.2 Å². The van der Waals surface area contributed by atoms with Crippen molar-refractivity contribution in [2.75, 3.05) is 0 Å². The lowest BCUT2D eigenvalue weighted by Crippen LogP contribution is -2.14. The molecule has 0 fully saturated rings. The Balaban J connectivity index is 2.17. The number of aliphatic carboxylic acids is 1. The molecule has 5 heteroatoms. The number of fused-ring (bicyclic) bond motifs is 1. The van der Waals surface area contributed by atoms with Crippen molar-refractivity contribution in [3.05, 3.63) is 34.2 Å². The van der Waals surface area contributed by atoms with Gasteiger partial charge in [-0.05, 0) is 12.5 Å². The first-order chi connectivity index (χ1) is 8.63. The molecule has 0 spiro atoms. The largest absolute Gasteiger partial charge is 0.480 e. The third kappa shape index (κ3) is 2.82. The van der Waals surface area contributed by atoms with Crippen molar-refractivity contribution >= 4 is 50.8 Å². The van der Waals surface area contributed by atoms with Gasteiger partial charge < -0.3 is 5.11 Å². The lowest BCUT2D eigenvalue weighted by molar-refractivity contribution is -0.136. The number of thiophene rings is 1. The third-order valence-corrected chi connectivity index (χ3v) is 5.95. The highest BCUT2D eigenvalue weighted by atomic mass is 35.5. The predicted molar refractivity (Wildman–Crippen MR) is 79.8 cm³/mol. The van der Waals surface area contributed by atoms with Gasteiger partial charge in [-0.1, -0.05) is 36.7 Å². The van der Waals surface area contributed by atoms with Crippen LogP contribution in [0.4, 0.5) is 0 Å². The van der Waals surface area contributed by atoms with Crippen LogP contribution in [0, 0.1) is 0 Å². The molecule has 0 saturated carbocycles. The van der Waals surface area contributed by atoms with Gasteiger partial charge in [0.25, 0.3) is 0 Å². The molecule has 1 atom stereocenters. The maximum atomic E-state index is 11.0. The maximum Gasteiger partial charge on any atom is 0.316 e. The van der Waals surface area contributed by atoms with E-state index in [0.29, 0.717) is 12.2 Å². The zero-order valence-electron chi connectivity index (χ0n) is 9.85. The highest BCUT2D eigenvalue weighted by Crippen LogP contribution is 2.38. The van der Waals surface area contributed by atoms with Crippen LogP contribution in [0.2, 0.25) is 5.02 Å². The molecule has 1 N–H and O–H groups in total. The normalized spacial score (nSPS) is 12.8. The molecule has 2 rings (SSSR count). The highest BCUT2D eigenvalue weighted by Gasteiger charge is 2.17. The minimum atomic E-state index is -0.750. The number of thioether (sulfide) groups is 1. The minimum Gasteiger partial charge on any atom is -0.480 e. The second kappa shape index (κ2) is 5.95. The van der Waals surface area contributed by atoms with Gasteiger partial charge in [-0.3, -0.25) is 4.79 Å². The quantitative estimate of drug-likeness (QED) is 0.873. The number of rotatable bonds is 5. The standard InChI is InChI=1S/C13H13ClO2S2/c1-2-9(13(15)16)17-7-11-12(14)8-5-3-4-6-10(8)18-11/h3-6,9H,2,7H2,1H3,(H,15,16). The lowest BCUT2D eigenvalue weighted by atomic mass is 10.2. The van der Waals surface area contributed by atoms with Gasteiger partial charge in [0.1, 0.15) is 5.25 Å². The van der Waals surface area contributed by atoms with Crippen LogP contribution in [0.3, 0.4) is 0 Å². The van der Waals surface area contributed by atoms with Crippen molar-refractivity contribution in [3.8, 4) is 0 Å². The van der Waals surface area contributed by atoms with Crippen LogP contribution in [0.5, 0.6) is 0 Å². The Morgan fingerprint density at radius 2 is 2.22 bits per heavy atom. The van der Waals surface area contributed by atoms with E-state index in [9.17, 15) is 4.79 Å². The maximum absolute atomic E-state index is 11.0. The van der Waals surface area contributed by atoms with Gasteiger partial charge in [0.05, 0.1) is 5.02 Å². The lowest BCUT2D eigenvalue weighted by Gasteiger charge is -2.08. The summed E-state index contributed by atoms with van der Waals surface area (Å²) in [6.45, 7) is 1.89. The number of halogens is 1. The number of carbonyl (C=O) groups is 1. The molecule has 1 heterocycles. The highest BCUT2D eigenvalue weighted by molar-refractivity contribution is 7.99. The molecule has 2 aromatic rings. The van der Waals surface area contributed by atoms with Crippen molar-refractivity contribution in [2.45, 2.75) is 24.3 Å². The molecule has 96 valence electrons. The second-order valence-electron chi connectivity index (χ2n) is 3.88. The van der Waals surface area contributed by atoms with E-state index in [1.807, 2.05) is 31.2 Å². The summed E-state index contributed by atoms with van der Waals surface area (Å²) >= 11 is 9.39. The summed E-state index contributed by atoms with van der Waals surface area (Å²) in [5.41, 5.74) is 0. The van der Waals surface area contributed by atoms with E-state index in [0.717, 1.165) is 20.0 Å². The van der Waals surface area contributed by atoms with Crippen LogP contribution in [0.25, 0.3) is 10.1 Å². The summed E-state index contributed by atoms with van der Waals surface area (Å²) in [7, 11) is 0. The zero-order valence-corrected chi connectivity index (χ0v) is 12.2. The summed E-state index contributed by atoms with van der Waals surface area (Å²) < 4.78 is 1.15. The average molecular weight is 301 g/mol. The van der Waals surface area contributed by atoms with E-state index in [4.69, 9.17) is 16.7 Å². The molecule has 18 heavy (non-hydrogen) atoms. The van der Waals surface area contributed by atoms with Crippen molar-refractivity contribution in [3.63, 3.8) is 0 Å². The number of carboxylic acid groups (broad SMARTS) is 1. The zero-order chi connectivity index (χ0) is 13.1. The molecule has 2 nitrogen and oxygen atoms in total. The number of hydrogen-bond donors (Lipinski definition) is 1. The Hall–Kier alpha value is -0.710. The first kappa shape index (κ1) is 13.7. The SMILES string of the molecule is CCC(SCc1sc2ccccc2c1Cl)C(=O)O.